The summed E-state index contributed by atoms with van der Waals surface area (Å²) in [4.78, 5) is 26.3. The van der Waals surface area contributed by atoms with E-state index >= 15 is 0 Å². The molecule has 2 aromatic rings. The molecule has 25 heavy (non-hydrogen) atoms. The molecule has 130 valence electrons. The average Bonchev–Trinajstić information content (AvgIpc) is 2.63. The molecule has 2 atom stereocenters. The molecule has 1 amide bonds. The van der Waals surface area contributed by atoms with Crippen LogP contribution in [0.1, 0.15) is 33.4 Å². The first-order chi connectivity index (χ1) is 12.0. The van der Waals surface area contributed by atoms with Crippen LogP contribution in [0.25, 0.3) is 0 Å². The van der Waals surface area contributed by atoms with E-state index < -0.39 is 17.9 Å². The van der Waals surface area contributed by atoms with Crippen LogP contribution >= 0.6 is 0 Å². The molecular formula is C19H19NO5. The summed E-state index contributed by atoms with van der Waals surface area (Å²) in [6, 6.07) is 11.4. The molecule has 0 saturated carbocycles. The van der Waals surface area contributed by atoms with Gasteiger partial charge in [-0.2, -0.15) is 0 Å². The Labute approximate surface area is 145 Å². The zero-order valence-electron chi connectivity index (χ0n) is 14.2. The molecule has 0 bridgehead atoms. The summed E-state index contributed by atoms with van der Waals surface area (Å²) in [6.07, 6.45) is 0. The smallest absolute Gasteiger partial charge is 0.313 e. The molecule has 1 N–H and O–H groups in total. The zero-order valence-corrected chi connectivity index (χ0v) is 14.2. The molecular weight excluding hydrogens is 322 g/mol. The number of carbonyl (C=O) groups excluding carboxylic acids is 1. The van der Waals surface area contributed by atoms with E-state index in [9.17, 15) is 14.7 Å². The number of methoxy groups -OCH3 is 2. The van der Waals surface area contributed by atoms with Crippen molar-refractivity contribution in [3.63, 3.8) is 0 Å². The second-order valence-electron chi connectivity index (χ2n) is 5.85. The van der Waals surface area contributed by atoms with Crippen molar-refractivity contribution in [2.75, 3.05) is 21.3 Å². The fraction of sp³-hybridized carbons (Fsp3) is 0.263. The maximum atomic E-state index is 12.8. The van der Waals surface area contributed by atoms with Gasteiger partial charge < -0.3 is 19.5 Å². The highest BCUT2D eigenvalue weighted by Gasteiger charge is 2.44. The van der Waals surface area contributed by atoms with Crippen LogP contribution in [-0.2, 0) is 4.79 Å². The van der Waals surface area contributed by atoms with Gasteiger partial charge in [0.2, 0.25) is 0 Å². The Kier molecular flexibility index (Phi) is 4.35. The number of hydrogen-bond acceptors (Lipinski definition) is 4. The Morgan fingerprint density at radius 1 is 1.04 bits per heavy atom. The van der Waals surface area contributed by atoms with E-state index in [4.69, 9.17) is 9.47 Å². The van der Waals surface area contributed by atoms with Gasteiger partial charge in [0.25, 0.3) is 5.91 Å². The van der Waals surface area contributed by atoms with Crippen LogP contribution in [0.4, 0.5) is 0 Å². The minimum atomic E-state index is -0.998. The number of likely N-dealkylation sites (N-methyl/N-ethyl adjacent to an activating group) is 1. The number of nitrogens with zero attached hydrogens (tertiary/aromatic N) is 1. The first-order valence-electron chi connectivity index (χ1n) is 7.81. The number of amides is 1. The molecule has 1 aliphatic heterocycles. The van der Waals surface area contributed by atoms with Crippen molar-refractivity contribution in [3.05, 3.63) is 59.2 Å². The zero-order chi connectivity index (χ0) is 18.1. The number of ether oxygens (including phenoxy) is 2. The maximum absolute atomic E-state index is 12.8. The molecule has 6 heteroatoms. The Morgan fingerprint density at radius 2 is 1.72 bits per heavy atom. The summed E-state index contributed by atoms with van der Waals surface area (Å²) in [6.45, 7) is 0. The van der Waals surface area contributed by atoms with E-state index in [0.717, 1.165) is 0 Å². The normalized spacial score (nSPS) is 19.3. The number of para-hydroxylation sites is 1. The number of carboxylic acid groups (broad SMARTS) is 1. The summed E-state index contributed by atoms with van der Waals surface area (Å²) in [7, 11) is 4.62. The first kappa shape index (κ1) is 16.8. The second kappa shape index (κ2) is 6.47. The van der Waals surface area contributed by atoms with Gasteiger partial charge in [-0.05, 0) is 17.7 Å². The van der Waals surface area contributed by atoms with E-state index in [0.29, 0.717) is 28.2 Å². The summed E-state index contributed by atoms with van der Waals surface area (Å²) in [5.74, 6) is -1.20. The molecule has 0 spiro atoms. The first-order valence-corrected chi connectivity index (χ1v) is 7.81. The Morgan fingerprint density at radius 3 is 2.36 bits per heavy atom. The molecule has 0 saturated heterocycles. The minimum Gasteiger partial charge on any atom is -0.493 e. The third-order valence-electron chi connectivity index (χ3n) is 4.60. The number of rotatable bonds is 4. The number of benzene rings is 2. The van der Waals surface area contributed by atoms with Crippen molar-refractivity contribution in [3.8, 4) is 11.5 Å². The van der Waals surface area contributed by atoms with Crippen LogP contribution in [-0.4, -0.2) is 43.2 Å². The predicted molar refractivity (Wildman–Crippen MR) is 91.2 cm³/mol. The lowest BCUT2D eigenvalue weighted by Crippen LogP contribution is -2.42. The van der Waals surface area contributed by atoms with Crippen molar-refractivity contribution < 1.29 is 24.2 Å². The molecule has 0 fully saturated rings. The molecule has 1 heterocycles. The standard InChI is InChI=1S/C19H19NO5/c1-20-16(13-9-6-10-14(24-2)17(13)25-3)15(19(22)23)11-7-4-5-8-12(11)18(20)21/h4-10,15-16H,1-3H3,(H,22,23). The van der Waals surface area contributed by atoms with Crippen LogP contribution in [0.2, 0.25) is 0 Å². The van der Waals surface area contributed by atoms with Gasteiger partial charge in [0.15, 0.2) is 11.5 Å². The Balaban J connectivity index is 2.25. The summed E-state index contributed by atoms with van der Waals surface area (Å²) < 4.78 is 10.8. The van der Waals surface area contributed by atoms with Crippen molar-refractivity contribution in [2.45, 2.75) is 12.0 Å². The molecule has 0 aromatic heterocycles. The van der Waals surface area contributed by atoms with Crippen LogP contribution in [0.15, 0.2) is 42.5 Å². The van der Waals surface area contributed by atoms with Crippen molar-refractivity contribution >= 4 is 11.9 Å². The number of fused-ring (bicyclic) bond motifs is 1. The molecule has 0 radical (unpaired) electrons. The quantitative estimate of drug-likeness (QED) is 0.925. The van der Waals surface area contributed by atoms with Crippen LogP contribution in [0.5, 0.6) is 11.5 Å². The summed E-state index contributed by atoms with van der Waals surface area (Å²) in [5.41, 5.74) is 1.52. The van der Waals surface area contributed by atoms with Crippen LogP contribution in [0, 0.1) is 0 Å². The fourth-order valence-corrected chi connectivity index (χ4v) is 3.47. The van der Waals surface area contributed by atoms with Gasteiger partial charge in [-0.15, -0.1) is 0 Å². The SMILES string of the molecule is COc1cccc(C2C(C(=O)O)c3ccccc3C(=O)N2C)c1OC. The van der Waals surface area contributed by atoms with Gasteiger partial charge in [-0.1, -0.05) is 30.3 Å². The highest BCUT2D eigenvalue weighted by atomic mass is 16.5. The lowest BCUT2D eigenvalue weighted by Gasteiger charge is -2.39. The molecule has 6 nitrogen and oxygen atoms in total. The van der Waals surface area contributed by atoms with E-state index in [1.54, 1.807) is 49.5 Å². The Bertz CT molecular complexity index is 832. The van der Waals surface area contributed by atoms with Crippen molar-refractivity contribution in [1.29, 1.82) is 0 Å². The average molecular weight is 341 g/mol. The Hall–Kier alpha value is -3.02. The van der Waals surface area contributed by atoms with Gasteiger partial charge in [0, 0.05) is 18.2 Å². The fourth-order valence-electron chi connectivity index (χ4n) is 3.47. The van der Waals surface area contributed by atoms with Crippen LogP contribution in [0.3, 0.4) is 0 Å². The maximum Gasteiger partial charge on any atom is 0.313 e. The minimum absolute atomic E-state index is 0.219. The van der Waals surface area contributed by atoms with Crippen molar-refractivity contribution in [1.82, 2.24) is 4.90 Å². The van der Waals surface area contributed by atoms with E-state index in [1.807, 2.05) is 0 Å². The number of aliphatic carboxylic acids is 1. The third-order valence-corrected chi connectivity index (χ3v) is 4.60. The van der Waals surface area contributed by atoms with Crippen molar-refractivity contribution in [2.24, 2.45) is 0 Å². The summed E-state index contributed by atoms with van der Waals surface area (Å²) >= 11 is 0. The van der Waals surface area contributed by atoms with Gasteiger partial charge in [-0.3, -0.25) is 9.59 Å². The van der Waals surface area contributed by atoms with Crippen LogP contribution < -0.4 is 9.47 Å². The highest BCUT2D eigenvalue weighted by Crippen LogP contribution is 2.46. The predicted octanol–water partition coefficient (Wildman–Crippen LogP) is 2.70. The number of carboxylic acids is 1. The molecule has 2 aromatic carbocycles. The van der Waals surface area contributed by atoms with Gasteiger partial charge in [0.1, 0.15) is 5.92 Å². The number of hydrogen-bond donors (Lipinski definition) is 1. The van der Waals surface area contributed by atoms with Gasteiger partial charge >= 0.3 is 5.97 Å². The molecule has 1 aliphatic rings. The molecule has 0 aliphatic carbocycles. The molecule has 3 rings (SSSR count). The monoisotopic (exact) mass is 341 g/mol. The third kappa shape index (κ3) is 2.59. The lowest BCUT2D eigenvalue weighted by molar-refractivity contribution is -0.140. The van der Waals surface area contributed by atoms with E-state index in [-0.39, 0.29) is 5.91 Å². The van der Waals surface area contributed by atoms with E-state index in [2.05, 4.69) is 0 Å². The van der Waals surface area contributed by atoms with E-state index in [1.165, 1.54) is 19.1 Å². The van der Waals surface area contributed by atoms with Gasteiger partial charge in [0.05, 0.1) is 20.3 Å². The second-order valence-corrected chi connectivity index (χ2v) is 5.85. The highest BCUT2D eigenvalue weighted by molar-refractivity contribution is 6.00. The lowest BCUT2D eigenvalue weighted by atomic mass is 9.79. The largest absolute Gasteiger partial charge is 0.493 e. The van der Waals surface area contributed by atoms with Gasteiger partial charge in [-0.25, -0.2) is 0 Å². The number of carbonyl (C=O) groups is 2. The molecule has 2 unspecified atom stereocenters. The topological polar surface area (TPSA) is 76.1 Å². The summed E-state index contributed by atoms with van der Waals surface area (Å²) in [5, 5.41) is 9.90.